The summed E-state index contributed by atoms with van der Waals surface area (Å²) in [5, 5.41) is 0. The molecule has 0 N–H and O–H groups in total. The highest BCUT2D eigenvalue weighted by atomic mass is 19.1. The summed E-state index contributed by atoms with van der Waals surface area (Å²) in [6.45, 7) is 0.691. The quantitative estimate of drug-likeness (QED) is 0.750. The van der Waals surface area contributed by atoms with Gasteiger partial charge in [0.25, 0.3) is 0 Å². The third-order valence-electron chi connectivity index (χ3n) is 3.58. The second-order valence-corrected chi connectivity index (χ2v) is 4.61. The molecular formula is C13H15FO3. The lowest BCUT2D eigenvalue weighted by molar-refractivity contribution is -0.0954. The summed E-state index contributed by atoms with van der Waals surface area (Å²) in [6, 6.07) is 5.61. The van der Waals surface area contributed by atoms with Crippen LogP contribution in [0.3, 0.4) is 0 Å². The van der Waals surface area contributed by atoms with Gasteiger partial charge in [-0.15, -0.1) is 0 Å². The minimum atomic E-state index is -1.06. The van der Waals surface area contributed by atoms with Gasteiger partial charge in [0, 0.05) is 18.4 Å². The topological polar surface area (TPSA) is 27.7 Å². The van der Waals surface area contributed by atoms with E-state index in [1.165, 1.54) is 0 Å². The molecule has 0 bridgehead atoms. The second kappa shape index (κ2) is 3.88. The Kier molecular flexibility index (Phi) is 2.47. The maximum absolute atomic E-state index is 14.0. The van der Waals surface area contributed by atoms with Gasteiger partial charge in [-0.05, 0) is 18.2 Å². The van der Waals surface area contributed by atoms with E-state index in [1.807, 2.05) is 18.2 Å². The molecule has 2 atom stereocenters. The molecule has 0 radical (unpaired) electrons. The van der Waals surface area contributed by atoms with Crippen LogP contribution in [0.2, 0.25) is 0 Å². The number of benzene rings is 1. The summed E-state index contributed by atoms with van der Waals surface area (Å²) < 4.78 is 30.1. The van der Waals surface area contributed by atoms with E-state index >= 15 is 0 Å². The fraction of sp³-hybridized carbons (Fsp3) is 0.538. The van der Waals surface area contributed by atoms with Crippen molar-refractivity contribution >= 4 is 0 Å². The molecule has 0 aromatic heterocycles. The smallest absolute Gasteiger partial charge is 0.163 e. The summed E-state index contributed by atoms with van der Waals surface area (Å²) >= 11 is 0. The van der Waals surface area contributed by atoms with Crippen LogP contribution in [0.1, 0.15) is 12.0 Å². The van der Waals surface area contributed by atoms with Gasteiger partial charge < -0.3 is 14.2 Å². The van der Waals surface area contributed by atoms with Crippen LogP contribution in [0, 0.1) is 0 Å². The molecule has 92 valence electrons. The summed E-state index contributed by atoms with van der Waals surface area (Å²) in [5.41, 5.74) is 0.307. The highest BCUT2D eigenvalue weighted by molar-refractivity contribution is 5.45. The third-order valence-corrected chi connectivity index (χ3v) is 3.58. The molecule has 3 nitrogen and oxygen atoms in total. The van der Waals surface area contributed by atoms with E-state index in [9.17, 15) is 4.39 Å². The zero-order chi connectivity index (χ0) is 11.9. The molecule has 0 amide bonds. The molecule has 17 heavy (non-hydrogen) atoms. The minimum Gasteiger partial charge on any atom is -0.497 e. The number of rotatable bonds is 1. The van der Waals surface area contributed by atoms with Gasteiger partial charge in [0.2, 0.25) is 0 Å². The molecule has 1 fully saturated rings. The molecule has 2 aliphatic rings. The van der Waals surface area contributed by atoms with Crippen molar-refractivity contribution in [3.05, 3.63) is 23.8 Å². The van der Waals surface area contributed by atoms with Crippen LogP contribution in [0.15, 0.2) is 18.2 Å². The normalized spacial score (nSPS) is 31.1. The van der Waals surface area contributed by atoms with Gasteiger partial charge in [0.05, 0.1) is 20.3 Å². The van der Waals surface area contributed by atoms with E-state index in [4.69, 9.17) is 14.2 Å². The van der Waals surface area contributed by atoms with Crippen molar-refractivity contribution in [3.63, 3.8) is 0 Å². The monoisotopic (exact) mass is 238 g/mol. The summed E-state index contributed by atoms with van der Waals surface area (Å²) in [6.07, 6.45) is 0.143. The molecule has 2 aliphatic heterocycles. The lowest BCUT2D eigenvalue weighted by Gasteiger charge is -2.35. The summed E-state index contributed by atoms with van der Waals surface area (Å²) in [4.78, 5) is 0. The molecule has 1 aromatic rings. The predicted molar refractivity (Wildman–Crippen MR) is 60.4 cm³/mol. The molecule has 2 unspecified atom stereocenters. The van der Waals surface area contributed by atoms with E-state index in [0.717, 1.165) is 17.1 Å². The Labute approximate surface area is 99.5 Å². The summed E-state index contributed by atoms with van der Waals surface area (Å²) in [7, 11) is 1.62. The van der Waals surface area contributed by atoms with E-state index in [0.29, 0.717) is 19.4 Å². The molecule has 0 saturated carbocycles. The number of fused-ring (bicyclic) bond motifs is 1. The van der Waals surface area contributed by atoms with Crippen molar-refractivity contribution in [2.45, 2.75) is 24.6 Å². The lowest BCUT2D eigenvalue weighted by Crippen LogP contribution is -2.50. The predicted octanol–water partition coefficient (Wildman–Crippen LogP) is 2.13. The number of methoxy groups -OCH3 is 1. The first-order chi connectivity index (χ1) is 8.23. The second-order valence-electron chi connectivity index (χ2n) is 4.61. The van der Waals surface area contributed by atoms with E-state index in [2.05, 4.69) is 0 Å². The lowest BCUT2D eigenvalue weighted by atomic mass is 9.88. The van der Waals surface area contributed by atoms with Crippen molar-refractivity contribution in [3.8, 4) is 11.5 Å². The SMILES string of the molecule is COc1ccc2c(c1)CC1(CCOCC1F)O2. The Bertz CT molecular complexity index is 435. The van der Waals surface area contributed by atoms with Crippen LogP contribution in [0.5, 0.6) is 11.5 Å². The van der Waals surface area contributed by atoms with E-state index in [-0.39, 0.29) is 6.61 Å². The molecule has 1 spiro atoms. The Morgan fingerprint density at radius 3 is 3.12 bits per heavy atom. The van der Waals surface area contributed by atoms with Gasteiger partial charge in [-0.1, -0.05) is 0 Å². The average molecular weight is 238 g/mol. The molecule has 1 saturated heterocycles. The van der Waals surface area contributed by atoms with Crippen LogP contribution >= 0.6 is 0 Å². The number of alkyl halides is 1. The Balaban J connectivity index is 1.90. The molecular weight excluding hydrogens is 223 g/mol. The first-order valence-corrected chi connectivity index (χ1v) is 5.81. The average Bonchev–Trinajstić information content (AvgIpc) is 2.71. The zero-order valence-electron chi connectivity index (χ0n) is 9.74. The van der Waals surface area contributed by atoms with Crippen LogP contribution in [-0.2, 0) is 11.2 Å². The van der Waals surface area contributed by atoms with Gasteiger partial charge in [-0.3, -0.25) is 0 Å². The van der Waals surface area contributed by atoms with Crippen molar-refractivity contribution in [1.82, 2.24) is 0 Å². The molecule has 1 aromatic carbocycles. The number of ether oxygens (including phenoxy) is 3. The van der Waals surface area contributed by atoms with E-state index < -0.39 is 11.8 Å². The van der Waals surface area contributed by atoms with Crippen molar-refractivity contribution in [1.29, 1.82) is 0 Å². The Morgan fingerprint density at radius 1 is 1.47 bits per heavy atom. The van der Waals surface area contributed by atoms with Crippen molar-refractivity contribution in [2.24, 2.45) is 0 Å². The number of hydrogen-bond donors (Lipinski definition) is 0. The van der Waals surface area contributed by atoms with E-state index in [1.54, 1.807) is 7.11 Å². The maximum atomic E-state index is 14.0. The number of halogens is 1. The van der Waals surface area contributed by atoms with Gasteiger partial charge in [0.1, 0.15) is 17.1 Å². The van der Waals surface area contributed by atoms with Crippen molar-refractivity contribution < 1.29 is 18.6 Å². The van der Waals surface area contributed by atoms with Crippen LogP contribution < -0.4 is 9.47 Å². The first-order valence-electron chi connectivity index (χ1n) is 5.81. The molecule has 2 heterocycles. The largest absolute Gasteiger partial charge is 0.497 e. The minimum absolute atomic E-state index is 0.130. The zero-order valence-corrected chi connectivity index (χ0v) is 9.74. The molecule has 0 aliphatic carbocycles. The third kappa shape index (κ3) is 1.67. The fourth-order valence-corrected chi connectivity index (χ4v) is 2.55. The van der Waals surface area contributed by atoms with Crippen molar-refractivity contribution in [2.75, 3.05) is 20.3 Å². The van der Waals surface area contributed by atoms with Crippen LogP contribution in [-0.4, -0.2) is 32.1 Å². The highest BCUT2D eigenvalue weighted by Crippen LogP contribution is 2.42. The number of hydrogen-bond acceptors (Lipinski definition) is 3. The Morgan fingerprint density at radius 2 is 2.35 bits per heavy atom. The molecule has 3 rings (SSSR count). The summed E-state index contributed by atoms with van der Waals surface area (Å²) in [5.74, 6) is 1.56. The first kappa shape index (κ1) is 10.8. The van der Waals surface area contributed by atoms with Gasteiger partial charge in [-0.2, -0.15) is 0 Å². The fourth-order valence-electron chi connectivity index (χ4n) is 2.55. The van der Waals surface area contributed by atoms with Crippen LogP contribution in [0.4, 0.5) is 4.39 Å². The highest BCUT2D eigenvalue weighted by Gasteiger charge is 2.48. The van der Waals surface area contributed by atoms with Gasteiger partial charge in [0.15, 0.2) is 6.17 Å². The standard InChI is InChI=1S/C13H15FO3/c1-15-10-2-3-11-9(6-10)7-13(17-11)4-5-16-8-12(13)14/h2-3,6,12H,4-5,7-8H2,1H3. The van der Waals surface area contributed by atoms with Gasteiger partial charge >= 0.3 is 0 Å². The Hall–Kier alpha value is -1.29. The van der Waals surface area contributed by atoms with Crippen LogP contribution in [0.25, 0.3) is 0 Å². The van der Waals surface area contributed by atoms with Gasteiger partial charge in [-0.25, -0.2) is 4.39 Å². The maximum Gasteiger partial charge on any atom is 0.163 e. The molecule has 4 heteroatoms.